The van der Waals surface area contributed by atoms with Crippen molar-refractivity contribution in [2.24, 2.45) is 5.73 Å². The van der Waals surface area contributed by atoms with Crippen LogP contribution in [-0.2, 0) is 20.9 Å². The van der Waals surface area contributed by atoms with E-state index in [9.17, 15) is 18.8 Å². The van der Waals surface area contributed by atoms with Crippen molar-refractivity contribution in [3.05, 3.63) is 53.8 Å². The topological polar surface area (TPSA) is 114 Å². The van der Waals surface area contributed by atoms with Crippen LogP contribution >= 0.6 is 0 Å². The Morgan fingerprint density at radius 2 is 1.94 bits per heavy atom. The Balaban J connectivity index is 1.67. The van der Waals surface area contributed by atoms with Crippen LogP contribution in [0.2, 0.25) is 0 Å². The Bertz CT molecular complexity index is 978. The van der Waals surface area contributed by atoms with Crippen molar-refractivity contribution in [2.75, 3.05) is 18.0 Å². The molecule has 0 aliphatic carbocycles. The molecule has 3 amide bonds. The van der Waals surface area contributed by atoms with Crippen molar-refractivity contribution in [3.8, 4) is 11.1 Å². The number of nitrogens with one attached hydrogen (secondary N) is 2. The maximum atomic E-state index is 14.8. The predicted molar refractivity (Wildman–Crippen MR) is 114 cm³/mol. The average Bonchev–Trinajstić information content (AvgIpc) is 3.11. The molecule has 1 aliphatic rings. The second-order valence-electron chi connectivity index (χ2n) is 7.42. The van der Waals surface area contributed by atoms with Gasteiger partial charge in [-0.1, -0.05) is 24.3 Å². The molecule has 2 aromatic rings. The van der Waals surface area contributed by atoms with Crippen LogP contribution in [0.3, 0.4) is 0 Å². The summed E-state index contributed by atoms with van der Waals surface area (Å²) in [6.45, 7) is 3.75. The first kappa shape index (κ1) is 22.2. The van der Waals surface area contributed by atoms with Gasteiger partial charge < -0.3 is 21.1 Å². The smallest absolute Gasteiger partial charge is 0.414 e. The Hall–Kier alpha value is -3.46. The number of cyclic esters (lactones) is 1. The number of nitrogens with two attached hydrogens (primary N) is 1. The standard InChI is InChI=1S/C22H25FN4O4/c1-13(24)21(29)26-10-15-3-5-16(6-4-15)19-8-7-17(9-20(19)23)27-12-18(31-22(27)30)11-25-14(2)28/h3-9,13,18H,10-12,24H2,1-2H3,(H,25,28)(H,26,29)/t13-,18-/m0/s1. The van der Waals surface area contributed by atoms with Gasteiger partial charge in [0.15, 0.2) is 0 Å². The van der Waals surface area contributed by atoms with Gasteiger partial charge in [-0.2, -0.15) is 0 Å². The van der Waals surface area contributed by atoms with Crippen molar-refractivity contribution in [1.82, 2.24) is 10.6 Å². The Morgan fingerprint density at radius 1 is 1.23 bits per heavy atom. The minimum Gasteiger partial charge on any atom is -0.442 e. The monoisotopic (exact) mass is 428 g/mol. The molecule has 1 heterocycles. The lowest BCUT2D eigenvalue weighted by Crippen LogP contribution is -2.37. The normalized spacial score (nSPS) is 16.6. The SMILES string of the molecule is CC(=O)NC[C@H]1CN(c2ccc(-c3ccc(CNC(=O)[C@H](C)N)cc3)c(F)c2)C(=O)O1. The fourth-order valence-electron chi connectivity index (χ4n) is 3.15. The molecule has 0 radical (unpaired) electrons. The molecular weight excluding hydrogens is 403 g/mol. The van der Waals surface area contributed by atoms with Gasteiger partial charge in [0.1, 0.15) is 11.9 Å². The first-order valence-corrected chi connectivity index (χ1v) is 9.89. The number of anilines is 1. The van der Waals surface area contributed by atoms with Gasteiger partial charge in [-0.15, -0.1) is 0 Å². The van der Waals surface area contributed by atoms with Gasteiger partial charge in [-0.3, -0.25) is 14.5 Å². The molecule has 0 bridgehead atoms. The number of carbonyl (C=O) groups is 3. The molecular formula is C22H25FN4O4. The lowest BCUT2D eigenvalue weighted by atomic mass is 10.0. The van der Waals surface area contributed by atoms with Crippen LogP contribution in [0, 0.1) is 5.82 Å². The van der Waals surface area contributed by atoms with Crippen molar-refractivity contribution in [1.29, 1.82) is 0 Å². The molecule has 8 nitrogen and oxygen atoms in total. The van der Waals surface area contributed by atoms with Gasteiger partial charge in [-0.05, 0) is 36.2 Å². The highest BCUT2D eigenvalue weighted by Crippen LogP contribution is 2.29. The number of ether oxygens (including phenoxy) is 1. The van der Waals surface area contributed by atoms with E-state index in [2.05, 4.69) is 10.6 Å². The third kappa shape index (κ3) is 5.58. The number of amides is 3. The van der Waals surface area contributed by atoms with Crippen molar-refractivity contribution < 1.29 is 23.5 Å². The van der Waals surface area contributed by atoms with Crippen LogP contribution < -0.4 is 21.3 Å². The summed E-state index contributed by atoms with van der Waals surface area (Å²) < 4.78 is 20.0. The zero-order chi connectivity index (χ0) is 22.5. The van der Waals surface area contributed by atoms with Crippen LogP contribution in [0.25, 0.3) is 11.1 Å². The van der Waals surface area contributed by atoms with Gasteiger partial charge in [0.25, 0.3) is 0 Å². The minimum absolute atomic E-state index is 0.204. The van der Waals surface area contributed by atoms with Gasteiger partial charge in [-0.25, -0.2) is 9.18 Å². The van der Waals surface area contributed by atoms with Crippen LogP contribution in [0.5, 0.6) is 0 Å². The second-order valence-corrected chi connectivity index (χ2v) is 7.42. The number of carbonyl (C=O) groups excluding carboxylic acids is 3. The minimum atomic E-state index is -0.583. The average molecular weight is 428 g/mol. The zero-order valence-electron chi connectivity index (χ0n) is 17.4. The highest BCUT2D eigenvalue weighted by Gasteiger charge is 2.32. The Morgan fingerprint density at radius 3 is 2.55 bits per heavy atom. The maximum absolute atomic E-state index is 14.8. The molecule has 0 unspecified atom stereocenters. The quantitative estimate of drug-likeness (QED) is 0.624. The van der Waals surface area contributed by atoms with E-state index >= 15 is 0 Å². The summed E-state index contributed by atoms with van der Waals surface area (Å²) in [5.74, 6) is -0.939. The Kier molecular flexibility index (Phi) is 6.86. The summed E-state index contributed by atoms with van der Waals surface area (Å²) in [4.78, 5) is 36.0. The highest BCUT2D eigenvalue weighted by atomic mass is 19.1. The Labute approximate surface area is 179 Å². The van der Waals surface area contributed by atoms with E-state index < -0.39 is 24.1 Å². The van der Waals surface area contributed by atoms with Gasteiger partial charge in [0.05, 0.1) is 24.8 Å². The van der Waals surface area contributed by atoms with E-state index in [-0.39, 0.29) is 24.9 Å². The van der Waals surface area contributed by atoms with E-state index in [1.54, 1.807) is 43.3 Å². The molecule has 3 rings (SSSR count). The fourth-order valence-corrected chi connectivity index (χ4v) is 3.15. The molecule has 164 valence electrons. The third-order valence-electron chi connectivity index (χ3n) is 4.86. The first-order chi connectivity index (χ1) is 14.7. The molecule has 1 saturated heterocycles. The fraction of sp³-hybridized carbons (Fsp3) is 0.318. The summed E-state index contributed by atoms with van der Waals surface area (Å²) in [6, 6.07) is 11.1. The summed E-state index contributed by atoms with van der Waals surface area (Å²) in [5, 5.41) is 5.32. The van der Waals surface area contributed by atoms with Crippen LogP contribution in [0.15, 0.2) is 42.5 Å². The first-order valence-electron chi connectivity index (χ1n) is 9.89. The molecule has 1 aliphatic heterocycles. The predicted octanol–water partition coefficient (Wildman–Crippen LogP) is 1.92. The number of benzene rings is 2. The molecule has 0 spiro atoms. The highest BCUT2D eigenvalue weighted by molar-refractivity contribution is 5.90. The van der Waals surface area contributed by atoms with Gasteiger partial charge in [0, 0.05) is 19.0 Å². The van der Waals surface area contributed by atoms with Crippen LogP contribution in [0.1, 0.15) is 19.4 Å². The van der Waals surface area contributed by atoms with Gasteiger partial charge in [0.2, 0.25) is 11.8 Å². The summed E-state index contributed by atoms with van der Waals surface area (Å²) in [5.41, 5.74) is 7.81. The third-order valence-corrected chi connectivity index (χ3v) is 4.86. The molecule has 2 aromatic carbocycles. The van der Waals surface area contributed by atoms with Crippen molar-refractivity contribution in [3.63, 3.8) is 0 Å². The van der Waals surface area contributed by atoms with E-state index in [0.29, 0.717) is 23.4 Å². The van der Waals surface area contributed by atoms with Crippen LogP contribution in [-0.4, -0.2) is 43.1 Å². The maximum Gasteiger partial charge on any atom is 0.414 e. The van der Waals surface area contributed by atoms with E-state index in [0.717, 1.165) is 5.56 Å². The number of hydrogen-bond donors (Lipinski definition) is 3. The summed E-state index contributed by atoms with van der Waals surface area (Å²) in [7, 11) is 0. The molecule has 0 aromatic heterocycles. The summed E-state index contributed by atoms with van der Waals surface area (Å²) >= 11 is 0. The molecule has 0 saturated carbocycles. The lowest BCUT2D eigenvalue weighted by Gasteiger charge is -2.15. The number of hydrogen-bond acceptors (Lipinski definition) is 5. The second kappa shape index (κ2) is 9.57. The zero-order valence-corrected chi connectivity index (χ0v) is 17.4. The van der Waals surface area contributed by atoms with Gasteiger partial charge >= 0.3 is 6.09 Å². The molecule has 4 N–H and O–H groups in total. The number of nitrogens with zero attached hydrogens (tertiary/aromatic N) is 1. The van der Waals surface area contributed by atoms with Crippen molar-refractivity contribution >= 4 is 23.6 Å². The number of rotatable bonds is 7. The largest absolute Gasteiger partial charge is 0.442 e. The van der Waals surface area contributed by atoms with E-state index in [1.165, 1.54) is 17.9 Å². The summed E-state index contributed by atoms with van der Waals surface area (Å²) in [6.07, 6.45) is -1.07. The number of halogens is 1. The van der Waals surface area contributed by atoms with E-state index in [4.69, 9.17) is 10.5 Å². The van der Waals surface area contributed by atoms with Crippen molar-refractivity contribution in [2.45, 2.75) is 32.5 Å². The van der Waals surface area contributed by atoms with E-state index in [1.807, 2.05) is 0 Å². The molecule has 1 fully saturated rings. The molecule has 9 heteroatoms. The lowest BCUT2D eigenvalue weighted by molar-refractivity contribution is -0.122. The molecule has 31 heavy (non-hydrogen) atoms. The molecule has 2 atom stereocenters. The van der Waals surface area contributed by atoms with Crippen LogP contribution in [0.4, 0.5) is 14.9 Å².